The Labute approximate surface area is 186 Å². The number of aryl methyl sites for hydroxylation is 1. The van der Waals surface area contributed by atoms with Crippen LogP contribution >= 0.6 is 0 Å². The molecule has 1 aliphatic carbocycles. The van der Waals surface area contributed by atoms with Gasteiger partial charge in [0.25, 0.3) is 5.69 Å². The zero-order chi connectivity index (χ0) is 22.2. The summed E-state index contributed by atoms with van der Waals surface area (Å²) in [5.74, 6) is 0.0683. The number of fused-ring (bicyclic) bond motifs is 1. The molecule has 0 bridgehead atoms. The first-order valence-corrected chi connectivity index (χ1v) is 10.7. The van der Waals surface area contributed by atoms with Crippen molar-refractivity contribution in [3.63, 3.8) is 0 Å². The maximum atomic E-state index is 13.5. The average molecular weight is 425 g/mol. The summed E-state index contributed by atoms with van der Waals surface area (Å²) in [7, 11) is 0. The first-order chi connectivity index (χ1) is 15.5. The Morgan fingerprint density at radius 3 is 2.34 bits per heavy atom. The maximum Gasteiger partial charge on any atom is 0.275 e. The standard InChI is InChI=1S/C26H23N3O3/c1-16-10-12-17(13-11-16)18-14-22-25(24(30)15-18)26(19-6-2-5-9-23(19)29(31)32)28-21-8-4-3-7-20(21)27-22/h2-13,18,26-28H,14-15H2,1H3. The number of ketones is 1. The smallest absolute Gasteiger partial charge is 0.275 e. The van der Waals surface area contributed by atoms with Crippen molar-refractivity contribution in [2.45, 2.75) is 31.7 Å². The van der Waals surface area contributed by atoms with Gasteiger partial charge in [-0.1, -0.05) is 54.1 Å². The summed E-state index contributed by atoms with van der Waals surface area (Å²) in [5.41, 5.74) is 5.88. The van der Waals surface area contributed by atoms with E-state index in [1.165, 1.54) is 11.6 Å². The number of nitro groups is 1. The molecular weight excluding hydrogens is 402 g/mol. The summed E-state index contributed by atoms with van der Waals surface area (Å²) in [5, 5.41) is 18.7. The third kappa shape index (κ3) is 3.54. The molecule has 2 atom stereocenters. The van der Waals surface area contributed by atoms with Crippen molar-refractivity contribution >= 4 is 22.8 Å². The van der Waals surface area contributed by atoms with E-state index >= 15 is 0 Å². The molecule has 1 aliphatic heterocycles. The van der Waals surface area contributed by atoms with Crippen molar-refractivity contribution in [2.75, 3.05) is 10.6 Å². The summed E-state index contributed by atoms with van der Waals surface area (Å²) in [6.45, 7) is 2.04. The molecule has 0 radical (unpaired) electrons. The number of rotatable bonds is 3. The van der Waals surface area contributed by atoms with Gasteiger partial charge in [0, 0.05) is 23.8 Å². The molecule has 0 fully saturated rings. The van der Waals surface area contributed by atoms with Gasteiger partial charge in [-0.25, -0.2) is 0 Å². The van der Waals surface area contributed by atoms with Gasteiger partial charge in [0.1, 0.15) is 0 Å². The van der Waals surface area contributed by atoms with E-state index in [0.29, 0.717) is 24.0 Å². The maximum absolute atomic E-state index is 13.5. The number of allylic oxidation sites excluding steroid dienone is 1. The lowest BCUT2D eigenvalue weighted by Crippen LogP contribution is -2.27. The Morgan fingerprint density at radius 2 is 1.59 bits per heavy atom. The number of hydrogen-bond acceptors (Lipinski definition) is 5. The summed E-state index contributed by atoms with van der Waals surface area (Å²) in [6.07, 6.45) is 1.04. The van der Waals surface area contributed by atoms with Crippen LogP contribution in [0.5, 0.6) is 0 Å². The Balaban J connectivity index is 1.64. The first-order valence-electron chi connectivity index (χ1n) is 10.7. The first kappa shape index (κ1) is 20.0. The highest BCUT2D eigenvalue weighted by Gasteiger charge is 2.38. The van der Waals surface area contributed by atoms with E-state index in [1.54, 1.807) is 18.2 Å². The largest absolute Gasteiger partial charge is 0.372 e. The number of anilines is 2. The zero-order valence-corrected chi connectivity index (χ0v) is 17.7. The van der Waals surface area contributed by atoms with Crippen LogP contribution < -0.4 is 10.6 Å². The van der Waals surface area contributed by atoms with Gasteiger partial charge >= 0.3 is 0 Å². The van der Waals surface area contributed by atoms with Crippen LogP contribution in [0.1, 0.15) is 41.5 Å². The van der Waals surface area contributed by atoms with E-state index in [1.807, 2.05) is 31.2 Å². The lowest BCUT2D eigenvalue weighted by molar-refractivity contribution is -0.385. The van der Waals surface area contributed by atoms with Crippen LogP contribution in [0.2, 0.25) is 0 Å². The highest BCUT2D eigenvalue weighted by atomic mass is 16.6. The number of carbonyl (C=O) groups is 1. The van der Waals surface area contributed by atoms with E-state index in [-0.39, 0.29) is 22.3 Å². The van der Waals surface area contributed by atoms with Gasteiger partial charge in [-0.2, -0.15) is 0 Å². The molecule has 2 aliphatic rings. The highest BCUT2D eigenvalue weighted by molar-refractivity contribution is 6.01. The molecule has 3 aromatic carbocycles. The lowest BCUT2D eigenvalue weighted by atomic mass is 9.78. The van der Waals surface area contributed by atoms with Crippen molar-refractivity contribution in [1.29, 1.82) is 0 Å². The van der Waals surface area contributed by atoms with E-state index in [9.17, 15) is 14.9 Å². The second kappa shape index (κ2) is 7.96. The van der Waals surface area contributed by atoms with Gasteiger partial charge in [0.2, 0.25) is 0 Å². The molecule has 0 amide bonds. The molecule has 5 rings (SSSR count). The van der Waals surface area contributed by atoms with Crippen LogP contribution in [0.25, 0.3) is 0 Å². The van der Waals surface area contributed by atoms with Crippen LogP contribution in [-0.2, 0) is 4.79 Å². The summed E-state index contributed by atoms with van der Waals surface area (Å²) in [6, 6.07) is 22.1. The third-order valence-corrected chi connectivity index (χ3v) is 6.30. The Bertz CT molecular complexity index is 1250. The monoisotopic (exact) mass is 425 g/mol. The molecule has 0 aromatic heterocycles. The van der Waals surface area contributed by atoms with Crippen LogP contribution in [0.15, 0.2) is 84.1 Å². The topological polar surface area (TPSA) is 84.3 Å². The van der Waals surface area contributed by atoms with E-state index in [0.717, 1.165) is 22.6 Å². The fourth-order valence-corrected chi connectivity index (χ4v) is 4.70. The van der Waals surface area contributed by atoms with Gasteiger partial charge in [-0.3, -0.25) is 14.9 Å². The average Bonchev–Trinajstić information content (AvgIpc) is 2.96. The van der Waals surface area contributed by atoms with Crippen LogP contribution in [-0.4, -0.2) is 10.7 Å². The second-order valence-corrected chi connectivity index (χ2v) is 8.40. The van der Waals surface area contributed by atoms with Crippen molar-refractivity contribution in [3.8, 4) is 0 Å². The van der Waals surface area contributed by atoms with Crippen molar-refractivity contribution in [1.82, 2.24) is 0 Å². The molecule has 32 heavy (non-hydrogen) atoms. The Kier molecular flexibility index (Phi) is 4.98. The fourth-order valence-electron chi connectivity index (χ4n) is 4.70. The number of Topliss-reactive ketones (excluding diaryl/α,β-unsaturated/α-hetero) is 1. The number of nitro benzene ring substituents is 1. The SMILES string of the molecule is Cc1ccc(C2CC(=O)C3=C(C2)Nc2ccccc2NC3c2ccccc2[N+](=O)[O-])cc1. The van der Waals surface area contributed by atoms with Gasteiger partial charge < -0.3 is 10.6 Å². The quantitative estimate of drug-likeness (QED) is 0.404. The molecular formula is C26H23N3O3. The minimum atomic E-state index is -0.603. The van der Waals surface area contributed by atoms with E-state index in [4.69, 9.17) is 0 Å². The van der Waals surface area contributed by atoms with Crippen LogP contribution in [0, 0.1) is 17.0 Å². The summed E-state index contributed by atoms with van der Waals surface area (Å²) < 4.78 is 0. The van der Waals surface area contributed by atoms with Gasteiger partial charge in [-0.05, 0) is 43.0 Å². The predicted octanol–water partition coefficient (Wildman–Crippen LogP) is 5.88. The lowest BCUT2D eigenvalue weighted by Gasteiger charge is -2.29. The van der Waals surface area contributed by atoms with Crippen LogP contribution in [0.3, 0.4) is 0 Å². The molecule has 0 spiro atoms. The summed E-state index contributed by atoms with van der Waals surface area (Å²) in [4.78, 5) is 24.9. The number of carbonyl (C=O) groups excluding carboxylic acids is 1. The highest BCUT2D eigenvalue weighted by Crippen LogP contribution is 2.45. The molecule has 6 heteroatoms. The molecule has 160 valence electrons. The zero-order valence-electron chi connectivity index (χ0n) is 17.7. The minimum Gasteiger partial charge on any atom is -0.372 e. The van der Waals surface area contributed by atoms with Gasteiger partial charge in [-0.15, -0.1) is 0 Å². The second-order valence-electron chi connectivity index (χ2n) is 8.40. The number of hydrogen-bond donors (Lipinski definition) is 2. The van der Waals surface area contributed by atoms with E-state index < -0.39 is 6.04 Å². The number of nitrogens with one attached hydrogen (secondary N) is 2. The molecule has 1 heterocycles. The molecule has 3 aromatic rings. The molecule has 0 saturated heterocycles. The number of benzene rings is 3. The molecule has 6 nitrogen and oxygen atoms in total. The van der Waals surface area contributed by atoms with Crippen molar-refractivity contribution < 1.29 is 9.72 Å². The van der Waals surface area contributed by atoms with Crippen LogP contribution in [0.4, 0.5) is 17.1 Å². The molecule has 0 saturated carbocycles. The van der Waals surface area contributed by atoms with Gasteiger partial charge in [0.15, 0.2) is 5.78 Å². The Morgan fingerprint density at radius 1 is 0.906 bits per heavy atom. The minimum absolute atomic E-state index is 0.00434. The van der Waals surface area contributed by atoms with Crippen molar-refractivity contribution in [2.24, 2.45) is 0 Å². The van der Waals surface area contributed by atoms with E-state index in [2.05, 4.69) is 34.9 Å². The molecule has 2 N–H and O–H groups in total. The molecule has 2 unspecified atom stereocenters. The summed E-state index contributed by atoms with van der Waals surface area (Å²) >= 11 is 0. The van der Waals surface area contributed by atoms with Crippen molar-refractivity contribution in [3.05, 3.63) is 111 Å². The number of para-hydroxylation sites is 3. The normalized spacial score (nSPS) is 19.8. The third-order valence-electron chi connectivity index (χ3n) is 6.30. The fraction of sp³-hybridized carbons (Fsp3) is 0.192. The van der Waals surface area contributed by atoms with Gasteiger partial charge in [0.05, 0.1) is 27.9 Å². The predicted molar refractivity (Wildman–Crippen MR) is 125 cm³/mol. The number of nitrogens with zero attached hydrogens (tertiary/aromatic N) is 1. The Hall–Kier alpha value is -3.93.